The van der Waals surface area contributed by atoms with Crippen molar-refractivity contribution in [1.29, 1.82) is 0 Å². The number of H-pyrrole nitrogens is 1. The number of allylic oxidation sites excluding steroid dienone is 1. The quantitative estimate of drug-likeness (QED) is 0.451. The highest BCUT2D eigenvalue weighted by Crippen LogP contribution is 2.37. The average molecular weight is 526 g/mol. The third-order valence-electron chi connectivity index (χ3n) is 8.59. The van der Waals surface area contributed by atoms with Crippen LogP contribution in [-0.2, 0) is 4.74 Å². The standard InChI is InChI=1S/C30H35N7O2/c1-39-24-11-9-21(10-12-24)36-17-23-15-22(36)18-37(23)30-34-28(32-20-6-4-14-31-16-20)27(29(38)35-30)26-13-8-19-5-2-3-7-25(19)33-26/h2-3,5,7-11,13,20,22-24,31H,4,6,12,14-18H2,1H3,(H2,32,34,35,38)/t20-,22?,23?,24?/m1/s1. The Morgan fingerprint density at radius 2 is 1.95 bits per heavy atom. The predicted octanol–water partition coefficient (Wildman–Crippen LogP) is 3.27. The van der Waals surface area contributed by atoms with Crippen molar-refractivity contribution in [3.05, 3.63) is 70.7 Å². The molecule has 3 aromatic rings. The summed E-state index contributed by atoms with van der Waals surface area (Å²) in [4.78, 5) is 31.6. The van der Waals surface area contributed by atoms with Gasteiger partial charge in [0.15, 0.2) is 0 Å². The molecule has 3 N–H and O–H groups in total. The smallest absolute Gasteiger partial charge is 0.263 e. The second-order valence-electron chi connectivity index (χ2n) is 11.0. The molecule has 4 atom stereocenters. The van der Waals surface area contributed by atoms with Crippen molar-refractivity contribution in [3.8, 4) is 11.3 Å². The van der Waals surface area contributed by atoms with Gasteiger partial charge in [0.2, 0.25) is 5.95 Å². The van der Waals surface area contributed by atoms with E-state index in [4.69, 9.17) is 14.7 Å². The lowest BCUT2D eigenvalue weighted by Crippen LogP contribution is -2.47. The molecular formula is C30H35N7O2. The lowest BCUT2D eigenvalue weighted by molar-refractivity contribution is 0.141. The number of hydrogen-bond acceptors (Lipinski definition) is 8. The van der Waals surface area contributed by atoms with Gasteiger partial charge in [-0.3, -0.25) is 9.78 Å². The first-order valence-electron chi connectivity index (χ1n) is 14.1. The molecule has 9 heteroatoms. The zero-order chi connectivity index (χ0) is 26.3. The Balaban J connectivity index is 1.19. The minimum absolute atomic E-state index is 0.155. The molecule has 0 amide bonds. The van der Waals surface area contributed by atoms with Crippen molar-refractivity contribution in [2.75, 3.05) is 43.5 Å². The van der Waals surface area contributed by atoms with Crippen LogP contribution >= 0.6 is 0 Å². The number of aromatic nitrogens is 3. The molecule has 0 radical (unpaired) electrons. The zero-order valence-corrected chi connectivity index (χ0v) is 22.3. The summed E-state index contributed by atoms with van der Waals surface area (Å²) in [5.41, 5.74) is 3.13. The van der Waals surface area contributed by atoms with Crippen molar-refractivity contribution in [3.63, 3.8) is 0 Å². The van der Waals surface area contributed by atoms with Gasteiger partial charge in [0, 0.05) is 49.9 Å². The molecule has 2 aromatic heterocycles. The van der Waals surface area contributed by atoms with Crippen molar-refractivity contribution in [1.82, 2.24) is 25.2 Å². The van der Waals surface area contributed by atoms with Crippen LogP contribution in [0.3, 0.4) is 0 Å². The number of ether oxygens (including phenoxy) is 1. The minimum Gasteiger partial charge on any atom is -0.377 e. The zero-order valence-electron chi connectivity index (χ0n) is 22.3. The van der Waals surface area contributed by atoms with Crippen LogP contribution in [0.25, 0.3) is 22.2 Å². The van der Waals surface area contributed by atoms with E-state index in [0.29, 0.717) is 35.1 Å². The maximum absolute atomic E-state index is 13.7. The highest BCUT2D eigenvalue weighted by atomic mass is 16.5. The van der Waals surface area contributed by atoms with Gasteiger partial charge in [0.05, 0.1) is 23.4 Å². The third kappa shape index (κ3) is 4.59. The summed E-state index contributed by atoms with van der Waals surface area (Å²) in [5.74, 6) is 1.27. The van der Waals surface area contributed by atoms with E-state index < -0.39 is 0 Å². The largest absolute Gasteiger partial charge is 0.377 e. The van der Waals surface area contributed by atoms with Gasteiger partial charge >= 0.3 is 0 Å². The third-order valence-corrected chi connectivity index (χ3v) is 8.59. The molecule has 3 aliphatic heterocycles. The molecule has 0 saturated carbocycles. The van der Waals surface area contributed by atoms with Gasteiger partial charge in [-0.15, -0.1) is 0 Å². The fourth-order valence-corrected chi connectivity index (χ4v) is 6.53. The SMILES string of the molecule is COC1C=CC(N2CC3CC2CN3c2nc(N[C@@H]3CCCNC3)c(-c3ccc4ccccc4n3)c(=O)[nH]2)=CC1. The number of pyridine rings is 1. The molecule has 1 aromatic carbocycles. The highest BCUT2D eigenvalue weighted by molar-refractivity contribution is 5.83. The summed E-state index contributed by atoms with van der Waals surface area (Å²) in [6, 6.07) is 12.8. The van der Waals surface area contributed by atoms with Gasteiger partial charge in [-0.1, -0.05) is 36.4 Å². The molecule has 3 saturated heterocycles. The van der Waals surface area contributed by atoms with Crippen LogP contribution in [0.1, 0.15) is 25.7 Å². The number of para-hydroxylation sites is 1. The van der Waals surface area contributed by atoms with Gasteiger partial charge in [-0.2, -0.15) is 4.98 Å². The van der Waals surface area contributed by atoms with Gasteiger partial charge in [-0.25, -0.2) is 4.98 Å². The molecule has 0 spiro atoms. The molecule has 9 nitrogen and oxygen atoms in total. The van der Waals surface area contributed by atoms with Gasteiger partial charge < -0.3 is 25.2 Å². The van der Waals surface area contributed by atoms with Crippen molar-refractivity contribution in [2.45, 2.75) is 49.9 Å². The molecule has 3 unspecified atom stereocenters. The second-order valence-corrected chi connectivity index (χ2v) is 11.0. The topological polar surface area (TPSA) is 98.4 Å². The minimum atomic E-state index is -0.155. The normalized spacial score (nSPS) is 26.3. The predicted molar refractivity (Wildman–Crippen MR) is 154 cm³/mol. The number of nitrogens with zero attached hydrogens (tertiary/aromatic N) is 4. The lowest BCUT2D eigenvalue weighted by Gasteiger charge is -2.37. The first-order valence-corrected chi connectivity index (χ1v) is 14.1. The maximum atomic E-state index is 13.7. The fraction of sp³-hybridized carbons (Fsp3) is 0.433. The number of piperidine rings is 1. The van der Waals surface area contributed by atoms with E-state index in [-0.39, 0.29) is 17.7 Å². The number of rotatable bonds is 6. The van der Waals surface area contributed by atoms with E-state index in [9.17, 15) is 4.79 Å². The van der Waals surface area contributed by atoms with Crippen LogP contribution in [0, 0.1) is 0 Å². The number of hydrogen-bond donors (Lipinski definition) is 3. The molecule has 1 aliphatic carbocycles. The van der Waals surface area contributed by atoms with Crippen LogP contribution < -0.4 is 21.1 Å². The van der Waals surface area contributed by atoms with E-state index >= 15 is 0 Å². The van der Waals surface area contributed by atoms with E-state index in [0.717, 1.165) is 62.8 Å². The number of methoxy groups -OCH3 is 1. The number of likely N-dealkylation sites (tertiary alicyclic amines) is 1. The molecular weight excluding hydrogens is 490 g/mol. The molecule has 5 heterocycles. The molecule has 4 aliphatic rings. The first kappa shape index (κ1) is 24.4. The number of anilines is 2. The van der Waals surface area contributed by atoms with E-state index in [1.54, 1.807) is 7.11 Å². The Hall–Kier alpha value is -3.69. The fourth-order valence-electron chi connectivity index (χ4n) is 6.53. The number of aromatic amines is 1. The average Bonchev–Trinajstić information content (AvgIpc) is 3.59. The molecule has 7 rings (SSSR count). The summed E-state index contributed by atoms with van der Waals surface area (Å²) in [7, 11) is 1.76. The van der Waals surface area contributed by atoms with Crippen LogP contribution in [0.5, 0.6) is 0 Å². The summed E-state index contributed by atoms with van der Waals surface area (Å²) >= 11 is 0. The summed E-state index contributed by atoms with van der Waals surface area (Å²) in [6.45, 7) is 3.64. The van der Waals surface area contributed by atoms with E-state index in [2.05, 4.69) is 43.6 Å². The van der Waals surface area contributed by atoms with Crippen LogP contribution in [0.2, 0.25) is 0 Å². The first-order chi connectivity index (χ1) is 19.2. The van der Waals surface area contributed by atoms with Crippen LogP contribution in [-0.4, -0.2) is 77.4 Å². The Morgan fingerprint density at radius 1 is 1.08 bits per heavy atom. The molecule has 39 heavy (non-hydrogen) atoms. The summed E-state index contributed by atoms with van der Waals surface area (Å²) in [6.07, 6.45) is 10.9. The van der Waals surface area contributed by atoms with Crippen molar-refractivity contribution < 1.29 is 4.74 Å². The van der Waals surface area contributed by atoms with Crippen LogP contribution in [0.15, 0.2) is 65.1 Å². The van der Waals surface area contributed by atoms with Crippen molar-refractivity contribution >= 4 is 22.7 Å². The Morgan fingerprint density at radius 3 is 2.72 bits per heavy atom. The van der Waals surface area contributed by atoms with Crippen molar-refractivity contribution in [2.24, 2.45) is 0 Å². The molecule has 202 valence electrons. The highest BCUT2D eigenvalue weighted by Gasteiger charge is 2.45. The number of nitrogens with one attached hydrogen (secondary N) is 3. The second kappa shape index (κ2) is 10.1. The van der Waals surface area contributed by atoms with Gasteiger partial charge in [-0.05, 0) is 50.4 Å². The Bertz CT molecular complexity index is 1490. The molecule has 2 bridgehead atoms. The Kier molecular flexibility index (Phi) is 6.33. The number of fused-ring (bicyclic) bond motifs is 3. The van der Waals surface area contributed by atoms with E-state index in [1.165, 1.54) is 5.70 Å². The van der Waals surface area contributed by atoms with Gasteiger partial charge in [0.25, 0.3) is 5.56 Å². The van der Waals surface area contributed by atoms with Gasteiger partial charge in [0.1, 0.15) is 11.4 Å². The van der Waals surface area contributed by atoms with E-state index in [1.807, 2.05) is 36.4 Å². The molecule has 3 fully saturated rings. The monoisotopic (exact) mass is 525 g/mol. The maximum Gasteiger partial charge on any atom is 0.263 e. The number of piperazine rings is 1. The summed E-state index contributed by atoms with van der Waals surface area (Å²) < 4.78 is 5.46. The number of benzene rings is 1. The Labute approximate surface area is 228 Å². The van der Waals surface area contributed by atoms with Crippen LogP contribution in [0.4, 0.5) is 11.8 Å². The summed E-state index contributed by atoms with van der Waals surface area (Å²) in [5, 5.41) is 8.12. The lowest BCUT2D eigenvalue weighted by atomic mass is 10.1.